The van der Waals surface area contributed by atoms with Gasteiger partial charge in [-0.05, 0) is 36.2 Å². The summed E-state index contributed by atoms with van der Waals surface area (Å²) in [6.45, 7) is 2.71. The number of fused-ring (bicyclic) bond motifs is 1. The van der Waals surface area contributed by atoms with Crippen molar-refractivity contribution in [3.63, 3.8) is 0 Å². The van der Waals surface area contributed by atoms with Crippen LogP contribution in [-0.4, -0.2) is 9.97 Å². The summed E-state index contributed by atoms with van der Waals surface area (Å²) in [5.74, 6) is 0.836. The van der Waals surface area contributed by atoms with Gasteiger partial charge in [0.05, 0.1) is 17.1 Å². The smallest absolute Gasteiger partial charge is 0.137 e. The van der Waals surface area contributed by atoms with Crippen LogP contribution in [0.15, 0.2) is 48.8 Å². The third kappa shape index (κ3) is 2.67. The molecule has 0 aliphatic carbocycles. The number of nitrogens with one attached hydrogen (secondary N) is 1. The Morgan fingerprint density at radius 2 is 1.90 bits per heavy atom. The Bertz CT molecular complexity index is 811. The Labute approximate surface area is 123 Å². The monoisotopic (exact) mass is 274 g/mol. The van der Waals surface area contributed by atoms with Gasteiger partial charge >= 0.3 is 0 Å². The highest BCUT2D eigenvalue weighted by atomic mass is 15.0. The summed E-state index contributed by atoms with van der Waals surface area (Å²) in [4.78, 5) is 8.64. The zero-order valence-corrected chi connectivity index (χ0v) is 11.7. The molecule has 0 radical (unpaired) electrons. The first-order valence-electron chi connectivity index (χ1n) is 6.71. The van der Waals surface area contributed by atoms with Gasteiger partial charge in [0.15, 0.2) is 0 Å². The number of nitrogens with zero attached hydrogens (tertiary/aromatic N) is 3. The maximum atomic E-state index is 8.80. The summed E-state index contributed by atoms with van der Waals surface area (Å²) >= 11 is 0. The second kappa shape index (κ2) is 5.59. The highest BCUT2D eigenvalue weighted by Gasteiger charge is 2.05. The lowest BCUT2D eigenvalue weighted by Gasteiger charge is -2.10. The van der Waals surface area contributed by atoms with Crippen molar-refractivity contribution >= 4 is 16.7 Å². The van der Waals surface area contributed by atoms with Gasteiger partial charge in [0.1, 0.15) is 12.1 Å². The molecule has 3 aromatic rings. The Hall–Kier alpha value is -2.93. The molecule has 0 saturated heterocycles. The van der Waals surface area contributed by atoms with E-state index in [2.05, 4.69) is 34.3 Å². The van der Waals surface area contributed by atoms with E-state index < -0.39 is 0 Å². The van der Waals surface area contributed by atoms with E-state index in [9.17, 15) is 0 Å². The fourth-order valence-electron chi connectivity index (χ4n) is 2.30. The fourth-order valence-corrected chi connectivity index (χ4v) is 2.30. The van der Waals surface area contributed by atoms with Crippen LogP contribution in [0.4, 0.5) is 5.82 Å². The van der Waals surface area contributed by atoms with Crippen LogP contribution in [0.1, 0.15) is 16.7 Å². The lowest BCUT2D eigenvalue weighted by molar-refractivity contribution is 1.10. The number of benzene rings is 2. The van der Waals surface area contributed by atoms with Gasteiger partial charge in [0.25, 0.3) is 0 Å². The zero-order chi connectivity index (χ0) is 14.7. The minimum Gasteiger partial charge on any atom is -0.365 e. The van der Waals surface area contributed by atoms with Crippen LogP contribution in [0.3, 0.4) is 0 Å². The van der Waals surface area contributed by atoms with E-state index in [-0.39, 0.29) is 0 Å². The van der Waals surface area contributed by atoms with Crippen molar-refractivity contribution < 1.29 is 0 Å². The van der Waals surface area contributed by atoms with Crippen molar-refractivity contribution in [2.45, 2.75) is 13.5 Å². The molecule has 0 aliphatic rings. The molecule has 1 N–H and O–H groups in total. The van der Waals surface area contributed by atoms with E-state index in [0.29, 0.717) is 12.1 Å². The van der Waals surface area contributed by atoms with Crippen LogP contribution in [0, 0.1) is 18.3 Å². The molecule has 0 bridgehead atoms. The third-order valence-electron chi connectivity index (χ3n) is 3.41. The molecular weight excluding hydrogens is 260 g/mol. The van der Waals surface area contributed by atoms with Crippen LogP contribution in [0.25, 0.3) is 10.9 Å². The van der Waals surface area contributed by atoms with Crippen LogP contribution >= 0.6 is 0 Å². The van der Waals surface area contributed by atoms with E-state index in [1.807, 2.05) is 36.4 Å². The predicted molar refractivity (Wildman–Crippen MR) is 82.8 cm³/mol. The first-order chi connectivity index (χ1) is 10.3. The Morgan fingerprint density at radius 1 is 1.10 bits per heavy atom. The van der Waals surface area contributed by atoms with Gasteiger partial charge in [-0.15, -0.1) is 0 Å². The third-order valence-corrected chi connectivity index (χ3v) is 3.41. The molecule has 4 nitrogen and oxygen atoms in total. The molecule has 2 aromatic carbocycles. The van der Waals surface area contributed by atoms with Gasteiger partial charge in [0.2, 0.25) is 0 Å². The highest BCUT2D eigenvalue weighted by Crippen LogP contribution is 2.23. The van der Waals surface area contributed by atoms with E-state index in [0.717, 1.165) is 27.8 Å². The second-order valence-corrected chi connectivity index (χ2v) is 4.85. The van der Waals surface area contributed by atoms with Crippen molar-refractivity contribution in [1.29, 1.82) is 5.26 Å². The molecule has 3 rings (SSSR count). The van der Waals surface area contributed by atoms with Gasteiger partial charge < -0.3 is 5.32 Å². The van der Waals surface area contributed by atoms with Crippen LogP contribution < -0.4 is 5.32 Å². The summed E-state index contributed by atoms with van der Waals surface area (Å²) in [5, 5.41) is 13.2. The predicted octanol–water partition coefficient (Wildman–Crippen LogP) is 3.42. The molecule has 0 saturated carbocycles. The molecule has 4 heteroatoms. The van der Waals surface area contributed by atoms with Crippen molar-refractivity contribution in [2.75, 3.05) is 5.32 Å². The van der Waals surface area contributed by atoms with E-state index in [1.165, 1.54) is 0 Å². The minimum atomic E-state index is 0.659. The average Bonchev–Trinajstić information content (AvgIpc) is 2.53. The molecule has 0 atom stereocenters. The fraction of sp³-hybridized carbons (Fsp3) is 0.118. The lowest BCUT2D eigenvalue weighted by Crippen LogP contribution is -2.03. The van der Waals surface area contributed by atoms with Gasteiger partial charge in [-0.2, -0.15) is 5.26 Å². The van der Waals surface area contributed by atoms with E-state index in [4.69, 9.17) is 5.26 Å². The van der Waals surface area contributed by atoms with Crippen molar-refractivity contribution in [1.82, 2.24) is 9.97 Å². The standard InChI is InChI=1S/C17H14N4/c1-12-3-2-4-15-16(12)17(21-11-20-15)19-10-14-7-5-13(9-18)6-8-14/h2-8,11H,10H2,1H3,(H,19,20,21). The summed E-state index contributed by atoms with van der Waals surface area (Å²) < 4.78 is 0. The van der Waals surface area contributed by atoms with Gasteiger partial charge in [0, 0.05) is 11.9 Å². The van der Waals surface area contributed by atoms with Gasteiger partial charge in [-0.25, -0.2) is 9.97 Å². The zero-order valence-electron chi connectivity index (χ0n) is 11.7. The average molecular weight is 274 g/mol. The SMILES string of the molecule is Cc1cccc2ncnc(NCc3ccc(C#N)cc3)c12. The molecule has 0 unspecified atom stereocenters. The molecule has 1 aromatic heterocycles. The number of anilines is 1. The summed E-state index contributed by atoms with van der Waals surface area (Å²) in [6, 6.07) is 15.7. The molecule has 102 valence electrons. The van der Waals surface area contributed by atoms with E-state index >= 15 is 0 Å². The first-order valence-corrected chi connectivity index (χ1v) is 6.71. The molecule has 0 aliphatic heterocycles. The second-order valence-electron chi connectivity index (χ2n) is 4.85. The van der Waals surface area contributed by atoms with Crippen molar-refractivity contribution in [3.05, 3.63) is 65.5 Å². The number of hydrogen-bond donors (Lipinski definition) is 1. The quantitative estimate of drug-likeness (QED) is 0.795. The summed E-state index contributed by atoms with van der Waals surface area (Å²) in [6.07, 6.45) is 1.57. The molecule has 21 heavy (non-hydrogen) atoms. The molecule has 0 spiro atoms. The minimum absolute atomic E-state index is 0.659. The molecule has 0 amide bonds. The Kier molecular flexibility index (Phi) is 3.48. The maximum absolute atomic E-state index is 8.80. The van der Waals surface area contributed by atoms with E-state index in [1.54, 1.807) is 6.33 Å². The number of hydrogen-bond acceptors (Lipinski definition) is 4. The number of aromatic nitrogens is 2. The maximum Gasteiger partial charge on any atom is 0.137 e. The lowest BCUT2D eigenvalue weighted by atomic mass is 10.1. The molecule has 1 heterocycles. The van der Waals surface area contributed by atoms with Crippen LogP contribution in [0.5, 0.6) is 0 Å². The highest BCUT2D eigenvalue weighted by molar-refractivity contribution is 5.91. The van der Waals surface area contributed by atoms with Crippen LogP contribution in [-0.2, 0) is 6.54 Å². The normalized spacial score (nSPS) is 10.3. The summed E-state index contributed by atoms with van der Waals surface area (Å²) in [7, 11) is 0. The van der Waals surface area contributed by atoms with Crippen molar-refractivity contribution in [2.24, 2.45) is 0 Å². The number of aryl methyl sites for hydroxylation is 1. The molecule has 0 fully saturated rings. The molecular formula is C17H14N4. The Balaban J connectivity index is 1.86. The number of rotatable bonds is 3. The van der Waals surface area contributed by atoms with Gasteiger partial charge in [-0.1, -0.05) is 24.3 Å². The largest absolute Gasteiger partial charge is 0.365 e. The topological polar surface area (TPSA) is 61.6 Å². The first kappa shape index (κ1) is 13.1. The number of nitriles is 1. The van der Waals surface area contributed by atoms with Crippen molar-refractivity contribution in [3.8, 4) is 6.07 Å². The summed E-state index contributed by atoms with van der Waals surface area (Å²) in [5.41, 5.74) is 3.86. The van der Waals surface area contributed by atoms with Gasteiger partial charge in [-0.3, -0.25) is 0 Å². The van der Waals surface area contributed by atoms with Crippen LogP contribution in [0.2, 0.25) is 0 Å². The Morgan fingerprint density at radius 3 is 2.67 bits per heavy atom.